The molecule has 1 aliphatic carbocycles. The molecule has 1 saturated heterocycles. The molecule has 1 saturated carbocycles. The molecule has 2 fully saturated rings. The maximum absolute atomic E-state index is 15.8. The molecule has 5 rings (SSSR count). The van der Waals surface area contributed by atoms with Crippen molar-refractivity contribution >= 4 is 17.5 Å². The number of H-pyrrole nitrogens is 1. The number of nitrogens with zero attached hydrogens (tertiary/aromatic N) is 6. The van der Waals surface area contributed by atoms with Gasteiger partial charge in [0.2, 0.25) is 11.7 Å². The van der Waals surface area contributed by atoms with E-state index < -0.39 is 28.9 Å². The summed E-state index contributed by atoms with van der Waals surface area (Å²) < 4.78 is 54.7. The number of nitrogens with two attached hydrogens (primary N) is 1. The Kier molecular flexibility index (Phi) is 7.38. The average molecular weight is 548 g/mol. The highest BCUT2D eigenvalue weighted by Crippen LogP contribution is 2.37. The summed E-state index contributed by atoms with van der Waals surface area (Å²) >= 11 is 0. The number of aromatic nitrogens is 5. The molecule has 10 nitrogen and oxygen atoms in total. The third kappa shape index (κ3) is 6.10. The van der Waals surface area contributed by atoms with Gasteiger partial charge in [-0.1, -0.05) is 17.3 Å². The SMILES string of the molecule is NC(=O)CN1CCC(CNc2ncnc(N(Cc3ccc(C(F)(F)F)cc3)C3CC3)c2F)(c2cnn[nH]2)CC1. The highest BCUT2D eigenvalue weighted by molar-refractivity contribution is 5.75. The lowest BCUT2D eigenvalue weighted by atomic mass is 9.75. The fourth-order valence-electron chi connectivity index (χ4n) is 5.05. The van der Waals surface area contributed by atoms with Gasteiger partial charge in [-0.2, -0.15) is 17.6 Å². The van der Waals surface area contributed by atoms with Gasteiger partial charge < -0.3 is 16.0 Å². The minimum Gasteiger partial charge on any atom is -0.369 e. The quantitative estimate of drug-likeness (QED) is 0.331. The van der Waals surface area contributed by atoms with Gasteiger partial charge in [0.15, 0.2) is 11.6 Å². The van der Waals surface area contributed by atoms with Gasteiger partial charge in [-0.15, -0.1) is 5.10 Å². The molecule has 2 aliphatic rings. The van der Waals surface area contributed by atoms with Crippen LogP contribution in [0.5, 0.6) is 0 Å². The summed E-state index contributed by atoms with van der Waals surface area (Å²) in [5.74, 6) is -0.885. The monoisotopic (exact) mass is 547 g/mol. The van der Waals surface area contributed by atoms with Gasteiger partial charge in [-0.25, -0.2) is 9.97 Å². The number of carbonyl (C=O) groups is 1. The molecule has 0 atom stereocenters. The predicted octanol–water partition coefficient (Wildman–Crippen LogP) is 2.85. The van der Waals surface area contributed by atoms with Gasteiger partial charge in [0.25, 0.3) is 0 Å². The maximum Gasteiger partial charge on any atom is 0.416 e. The van der Waals surface area contributed by atoms with E-state index in [9.17, 15) is 18.0 Å². The van der Waals surface area contributed by atoms with Gasteiger partial charge in [-0.3, -0.25) is 14.8 Å². The Labute approximate surface area is 222 Å². The first-order valence-corrected chi connectivity index (χ1v) is 12.7. The Morgan fingerprint density at radius 3 is 2.49 bits per heavy atom. The summed E-state index contributed by atoms with van der Waals surface area (Å²) in [6, 6.07) is 4.92. The molecule has 1 aliphatic heterocycles. The number of anilines is 2. The number of alkyl halides is 3. The number of hydrogen-bond donors (Lipinski definition) is 3. The molecule has 0 unspecified atom stereocenters. The van der Waals surface area contributed by atoms with Crippen LogP contribution in [0, 0.1) is 5.82 Å². The van der Waals surface area contributed by atoms with Crippen LogP contribution in [0.2, 0.25) is 0 Å². The number of likely N-dealkylation sites (tertiary alicyclic amines) is 1. The van der Waals surface area contributed by atoms with Crippen LogP contribution in [0.15, 0.2) is 36.8 Å². The molecule has 14 heteroatoms. The summed E-state index contributed by atoms with van der Waals surface area (Å²) in [6.45, 7) is 1.95. The lowest BCUT2D eigenvalue weighted by Gasteiger charge is -2.40. The zero-order valence-corrected chi connectivity index (χ0v) is 21.1. The molecule has 1 aromatic carbocycles. The van der Waals surface area contributed by atoms with Crippen LogP contribution in [0.25, 0.3) is 0 Å². The van der Waals surface area contributed by atoms with E-state index in [0.717, 1.165) is 30.7 Å². The van der Waals surface area contributed by atoms with Crippen LogP contribution < -0.4 is 16.0 Å². The van der Waals surface area contributed by atoms with Crippen LogP contribution in [0.4, 0.5) is 29.2 Å². The smallest absolute Gasteiger partial charge is 0.369 e. The van der Waals surface area contributed by atoms with E-state index in [4.69, 9.17) is 5.73 Å². The van der Waals surface area contributed by atoms with E-state index in [1.54, 1.807) is 11.1 Å². The molecule has 1 amide bonds. The molecular formula is C25H29F4N9O. The molecule has 2 aromatic heterocycles. The number of amides is 1. The van der Waals surface area contributed by atoms with Crippen molar-refractivity contribution in [2.24, 2.45) is 5.73 Å². The van der Waals surface area contributed by atoms with E-state index in [0.29, 0.717) is 38.0 Å². The summed E-state index contributed by atoms with van der Waals surface area (Å²) in [5.41, 5.74) is 5.58. The normalized spacial score (nSPS) is 17.6. The van der Waals surface area contributed by atoms with Crippen molar-refractivity contribution in [3.63, 3.8) is 0 Å². The van der Waals surface area contributed by atoms with E-state index in [1.165, 1.54) is 18.5 Å². The highest BCUT2D eigenvalue weighted by atomic mass is 19.4. The van der Waals surface area contributed by atoms with E-state index in [1.807, 2.05) is 4.90 Å². The Bertz CT molecular complexity index is 1270. The van der Waals surface area contributed by atoms with Crippen molar-refractivity contribution in [1.29, 1.82) is 0 Å². The molecule has 39 heavy (non-hydrogen) atoms. The molecule has 4 N–H and O–H groups in total. The Balaban J connectivity index is 1.33. The average Bonchev–Trinajstić information content (AvgIpc) is 3.59. The summed E-state index contributed by atoms with van der Waals surface area (Å²) in [4.78, 5) is 23.4. The molecule has 3 heterocycles. The first-order chi connectivity index (χ1) is 18.6. The number of aromatic amines is 1. The number of hydrogen-bond acceptors (Lipinski definition) is 8. The van der Waals surface area contributed by atoms with Crippen molar-refractivity contribution in [3.05, 3.63) is 59.4 Å². The Hall–Kier alpha value is -3.81. The van der Waals surface area contributed by atoms with E-state index in [-0.39, 0.29) is 30.8 Å². The second kappa shape index (κ2) is 10.8. The molecular weight excluding hydrogens is 518 g/mol. The standard InChI is InChI=1S/C25H29F4N9O/c26-21-22(31-14-24(19-11-34-36-35-19)7-9-37(10-8-24)13-20(30)39)32-15-33-23(21)38(18-5-6-18)12-16-1-3-17(4-2-16)25(27,28)29/h1-4,11,15,18H,5-10,12-14H2,(H2,30,39)(H,31,32,33)(H,34,35,36). The van der Waals surface area contributed by atoms with Crippen LogP contribution in [-0.2, 0) is 22.9 Å². The molecule has 3 aromatic rings. The number of carbonyl (C=O) groups excluding carboxylic acids is 1. The first kappa shape index (κ1) is 26.8. The molecule has 208 valence electrons. The van der Waals surface area contributed by atoms with Gasteiger partial charge in [-0.05, 0) is 56.5 Å². The number of primary amides is 1. The second-order valence-corrected chi connectivity index (χ2v) is 10.2. The minimum absolute atomic E-state index is 0.0319. The number of halogens is 4. The molecule has 0 radical (unpaired) electrons. The zero-order valence-electron chi connectivity index (χ0n) is 21.1. The van der Waals surface area contributed by atoms with E-state index >= 15 is 4.39 Å². The van der Waals surface area contributed by atoms with Crippen LogP contribution >= 0.6 is 0 Å². The van der Waals surface area contributed by atoms with Crippen molar-refractivity contribution in [2.75, 3.05) is 36.4 Å². The molecule has 0 spiro atoms. The zero-order chi connectivity index (χ0) is 27.6. The minimum atomic E-state index is -4.42. The Morgan fingerprint density at radius 2 is 1.90 bits per heavy atom. The van der Waals surface area contributed by atoms with E-state index in [2.05, 4.69) is 30.7 Å². The predicted molar refractivity (Wildman–Crippen MR) is 134 cm³/mol. The van der Waals surface area contributed by atoms with Crippen LogP contribution in [0.3, 0.4) is 0 Å². The Morgan fingerprint density at radius 1 is 1.18 bits per heavy atom. The number of nitrogens with one attached hydrogen (secondary N) is 2. The van der Waals surface area contributed by atoms with Crippen molar-refractivity contribution in [3.8, 4) is 0 Å². The van der Waals surface area contributed by atoms with Gasteiger partial charge in [0, 0.05) is 24.5 Å². The van der Waals surface area contributed by atoms with Crippen LogP contribution in [0.1, 0.15) is 42.5 Å². The number of piperidine rings is 1. The number of benzene rings is 1. The third-order valence-electron chi connectivity index (χ3n) is 7.44. The third-order valence-corrected chi connectivity index (χ3v) is 7.44. The summed E-state index contributed by atoms with van der Waals surface area (Å²) in [7, 11) is 0. The largest absolute Gasteiger partial charge is 0.416 e. The van der Waals surface area contributed by atoms with Gasteiger partial charge >= 0.3 is 6.18 Å². The fourth-order valence-corrected chi connectivity index (χ4v) is 5.05. The summed E-state index contributed by atoms with van der Waals surface area (Å²) in [6.07, 6.45) is 1.48. The van der Waals surface area contributed by atoms with Crippen molar-refractivity contribution in [1.82, 2.24) is 30.3 Å². The maximum atomic E-state index is 15.8. The summed E-state index contributed by atoms with van der Waals surface area (Å²) in [5, 5.41) is 13.8. The lowest BCUT2D eigenvalue weighted by molar-refractivity contribution is -0.137. The van der Waals surface area contributed by atoms with Gasteiger partial charge in [0.1, 0.15) is 6.33 Å². The molecule has 0 bridgehead atoms. The topological polar surface area (TPSA) is 129 Å². The second-order valence-electron chi connectivity index (χ2n) is 10.2. The lowest BCUT2D eigenvalue weighted by Crippen LogP contribution is -2.48. The number of rotatable bonds is 10. The fraction of sp³-hybridized carbons (Fsp3) is 0.480. The highest BCUT2D eigenvalue weighted by Gasteiger charge is 2.39. The van der Waals surface area contributed by atoms with Gasteiger partial charge in [0.05, 0.1) is 24.0 Å². The van der Waals surface area contributed by atoms with Crippen molar-refractivity contribution < 1.29 is 22.4 Å². The van der Waals surface area contributed by atoms with Crippen LogP contribution in [-0.4, -0.2) is 68.4 Å². The first-order valence-electron chi connectivity index (χ1n) is 12.7. The van der Waals surface area contributed by atoms with Crippen molar-refractivity contribution in [2.45, 2.75) is 49.9 Å².